The standard InChI is InChI=1S/2C10H9.2C3H6Cl3Si.2ClH.H2Si.Zr/c2*1-8-6-9-4-2-3-5-10(9)7-8;2*1-2-3-7(4,5)6;;;;/h2*2-7H,1H3;2*1-3H2;2*1H;1H2;. The number of hydrogen-bond acceptors (Lipinski definition) is 0. The molecule has 0 heterocycles. The van der Waals surface area contributed by atoms with Gasteiger partial charge in [-0.25, -0.2) is 0 Å². The number of hydrogen-bond donors (Lipinski definition) is 0. The number of halogens is 8. The predicted octanol–water partition coefficient (Wildman–Crippen LogP) is 11.3. The van der Waals surface area contributed by atoms with Crippen LogP contribution in [0.1, 0.15) is 56.2 Å². The summed E-state index contributed by atoms with van der Waals surface area (Å²) in [6.45, 7) is 7.06. The van der Waals surface area contributed by atoms with Gasteiger partial charge in [-0.1, -0.05) is 0 Å². The van der Waals surface area contributed by atoms with Crippen molar-refractivity contribution in [3.8, 4) is 0 Å². The van der Waals surface area contributed by atoms with Crippen molar-refractivity contribution in [1.82, 2.24) is 0 Å². The third kappa shape index (κ3) is 7.64. The molecule has 2 aromatic carbocycles. The van der Waals surface area contributed by atoms with Crippen LogP contribution in [0.3, 0.4) is 0 Å². The second-order valence-electron chi connectivity index (χ2n) is 11.0. The summed E-state index contributed by atoms with van der Waals surface area (Å²) in [5.41, 5.74) is 8.62. The van der Waals surface area contributed by atoms with E-state index in [4.69, 9.17) is 66.5 Å². The molecule has 0 nitrogen and oxygen atoms in total. The van der Waals surface area contributed by atoms with Crippen molar-refractivity contribution in [3.05, 3.63) is 81.9 Å². The van der Waals surface area contributed by atoms with Crippen LogP contribution in [-0.2, 0) is 17.4 Å². The second-order valence-corrected chi connectivity index (χ2v) is 56.1. The summed E-state index contributed by atoms with van der Waals surface area (Å²) in [6.07, 6.45) is 6.71. The zero-order valence-electron chi connectivity index (χ0n) is 21.5. The van der Waals surface area contributed by atoms with E-state index in [1.165, 1.54) is 33.4 Å². The Bertz CT molecular complexity index is 1180. The Morgan fingerprint density at radius 1 is 0.658 bits per heavy atom. The topological polar surface area (TPSA) is 0 Å². The summed E-state index contributed by atoms with van der Waals surface area (Å²) in [6, 6.07) is 13.8. The molecule has 2 aliphatic rings. The van der Waals surface area contributed by atoms with E-state index in [0.29, 0.717) is 19.3 Å². The average Bonchev–Trinajstić information content (AvgIpc) is 3.28. The van der Waals surface area contributed by atoms with Crippen LogP contribution in [0.25, 0.3) is 12.2 Å². The molecule has 0 saturated carbocycles. The number of rotatable bonds is 10. The van der Waals surface area contributed by atoms with Crippen LogP contribution in [0, 0.1) is 0 Å². The molecule has 2 aromatic rings. The fourth-order valence-corrected chi connectivity index (χ4v) is 43.5. The maximum absolute atomic E-state index is 6.44. The molecule has 0 amide bonds. The number of benzene rings is 2. The minimum Gasteiger partial charge on any atom is -0.147 e. The van der Waals surface area contributed by atoms with Crippen molar-refractivity contribution in [1.29, 1.82) is 0 Å². The molecule has 210 valence electrons. The van der Waals surface area contributed by atoms with Crippen molar-refractivity contribution < 1.29 is 17.4 Å². The van der Waals surface area contributed by atoms with Crippen LogP contribution in [-0.4, -0.2) is 18.9 Å². The van der Waals surface area contributed by atoms with E-state index in [9.17, 15) is 0 Å². The molecule has 0 fully saturated rings. The van der Waals surface area contributed by atoms with Gasteiger partial charge < -0.3 is 0 Å². The molecule has 12 heteroatoms. The summed E-state index contributed by atoms with van der Waals surface area (Å²) in [5, 5.41) is 0. The summed E-state index contributed by atoms with van der Waals surface area (Å²) in [7, 11) is 0. The molecule has 2 atom stereocenters. The molecule has 0 aromatic heterocycles. The second kappa shape index (κ2) is 13.6. The maximum atomic E-state index is 6.44. The smallest absolute Gasteiger partial charge is 0.147 e. The zero-order chi connectivity index (χ0) is 26.4. The molecule has 0 bridgehead atoms. The molecular weight excluding hydrogens is 771 g/mol. The normalized spacial score (nSPS) is 19.1. The number of allylic oxidation sites excluding steroid dienone is 2. The van der Waals surface area contributed by atoms with Crippen LogP contribution in [0.4, 0.5) is 0 Å². The van der Waals surface area contributed by atoms with Crippen molar-refractivity contribution >= 4 is 122 Å². The minimum absolute atomic E-state index is 0. The minimum atomic E-state index is -3.97. The Morgan fingerprint density at radius 3 is 1.34 bits per heavy atom. The van der Waals surface area contributed by atoms with E-state index < -0.39 is 29.4 Å². The monoisotopic (exact) mass is 800 g/mol. The van der Waals surface area contributed by atoms with Crippen LogP contribution < -0.4 is 0 Å². The van der Waals surface area contributed by atoms with Gasteiger partial charge in [0.15, 0.2) is 0 Å². The Kier molecular flexibility index (Phi) is 12.9. The summed E-state index contributed by atoms with van der Waals surface area (Å²) >= 11 is 34.6. The Labute approximate surface area is 272 Å². The average molecular weight is 806 g/mol. The van der Waals surface area contributed by atoms with Gasteiger partial charge in [-0.3, -0.25) is 0 Å². The maximum Gasteiger partial charge on any atom is -0.147 e. The van der Waals surface area contributed by atoms with Crippen molar-refractivity contribution in [2.75, 3.05) is 0 Å². The van der Waals surface area contributed by atoms with Crippen LogP contribution in [0.15, 0.2) is 59.7 Å². The summed E-state index contributed by atoms with van der Waals surface area (Å²) in [5.74, 6) is 0. The first-order valence-electron chi connectivity index (χ1n) is 12.4. The zero-order valence-corrected chi connectivity index (χ0v) is 33.5. The van der Waals surface area contributed by atoms with E-state index in [1.807, 2.05) is 0 Å². The largest absolute Gasteiger partial charge is 0.147 e. The first-order chi connectivity index (χ1) is 16.7. The molecule has 2 unspecified atom stereocenters. The van der Waals surface area contributed by atoms with Crippen molar-refractivity contribution in [3.63, 3.8) is 0 Å². The molecule has 0 N–H and O–H groups in total. The molecule has 38 heavy (non-hydrogen) atoms. The third-order valence-electron chi connectivity index (χ3n) is 8.41. The van der Waals surface area contributed by atoms with Crippen LogP contribution in [0.5, 0.6) is 0 Å². The van der Waals surface area contributed by atoms with E-state index in [-0.39, 0.29) is 24.8 Å². The molecule has 0 saturated heterocycles. The van der Waals surface area contributed by atoms with Crippen molar-refractivity contribution in [2.45, 2.75) is 54.3 Å². The molecule has 0 spiro atoms. The predicted molar refractivity (Wildman–Crippen MR) is 184 cm³/mol. The van der Waals surface area contributed by atoms with E-state index in [1.54, 1.807) is 0 Å². The van der Waals surface area contributed by atoms with E-state index in [2.05, 4.69) is 81.4 Å². The molecular formula is C26H34Cl8Si3Zr. The van der Waals surface area contributed by atoms with Gasteiger partial charge in [0.05, 0.1) is 0 Å². The third-order valence-corrected chi connectivity index (χ3v) is 42.1. The van der Waals surface area contributed by atoms with Gasteiger partial charge in [0, 0.05) is 0 Å². The molecule has 4 rings (SSSR count). The van der Waals surface area contributed by atoms with Gasteiger partial charge >= 0.3 is 251 Å². The Balaban J connectivity index is 0.00000253. The fraction of sp³-hybridized carbons (Fsp3) is 0.385. The van der Waals surface area contributed by atoms with E-state index in [0.717, 1.165) is 21.1 Å². The van der Waals surface area contributed by atoms with Gasteiger partial charge in [0.25, 0.3) is 0 Å². The Morgan fingerprint density at radius 2 is 1.00 bits per heavy atom. The van der Waals surface area contributed by atoms with Crippen LogP contribution >= 0.6 is 91.3 Å². The number of fused-ring (bicyclic) bond motifs is 2. The first-order valence-corrected chi connectivity index (χ1v) is 35.2. The van der Waals surface area contributed by atoms with Gasteiger partial charge in [-0.2, -0.15) is 0 Å². The van der Waals surface area contributed by atoms with Gasteiger partial charge in [0.1, 0.15) is 0 Å². The van der Waals surface area contributed by atoms with Crippen LogP contribution in [0.2, 0.25) is 20.3 Å². The SMILES string of the molecule is CC1=Cc2ccccc2[CH]1[Zr](=[SiH2])([CH2]CC[Si](Cl)(Cl)Cl)([CH2]CC[Si](Cl)(Cl)Cl)[CH]1C(C)=Cc2ccccc21.Cl.Cl. The molecule has 0 aliphatic heterocycles. The quantitative estimate of drug-likeness (QED) is 0.166. The fourth-order valence-electron chi connectivity index (χ4n) is 7.38. The summed E-state index contributed by atoms with van der Waals surface area (Å²) in [4.78, 5) is 0. The van der Waals surface area contributed by atoms with Gasteiger partial charge in [0.2, 0.25) is 0 Å². The van der Waals surface area contributed by atoms with Gasteiger partial charge in [-0.05, 0) is 0 Å². The van der Waals surface area contributed by atoms with E-state index >= 15 is 0 Å². The molecule has 0 radical (unpaired) electrons. The summed E-state index contributed by atoms with van der Waals surface area (Å²) < 4.78 is 3.12. The Hall–Kier alpha value is 1.77. The van der Waals surface area contributed by atoms with Gasteiger partial charge in [-0.15, -0.1) is 24.8 Å². The first kappa shape index (κ1) is 36.0. The van der Waals surface area contributed by atoms with Crippen molar-refractivity contribution in [2.24, 2.45) is 0 Å². The molecule has 2 aliphatic carbocycles.